The molecule has 1 aliphatic heterocycles. The van der Waals surface area contributed by atoms with Crippen LogP contribution in [0.5, 0.6) is 0 Å². The zero-order chi connectivity index (χ0) is 13.6. The molecule has 0 aromatic rings. The summed E-state index contributed by atoms with van der Waals surface area (Å²) in [5.74, 6) is 1.97. The molecule has 0 amide bonds. The Labute approximate surface area is 120 Å². The van der Waals surface area contributed by atoms with Gasteiger partial charge in [-0.05, 0) is 30.3 Å². The molecule has 0 radical (unpaired) electrons. The Bertz CT molecular complexity index is 349. The van der Waals surface area contributed by atoms with Gasteiger partial charge < -0.3 is 4.74 Å². The standard InChI is InChI=1S/C16H27BrO/c1-15(2,3)14-13(18-10-16(14,4)5)11-7-6-8-12(17)9-11/h11-12H,6-10H2,1-5H3. The first kappa shape index (κ1) is 14.4. The van der Waals surface area contributed by atoms with Gasteiger partial charge in [0.05, 0.1) is 12.4 Å². The molecule has 1 saturated carbocycles. The van der Waals surface area contributed by atoms with E-state index in [0.717, 1.165) is 6.61 Å². The van der Waals surface area contributed by atoms with Crippen molar-refractivity contribution in [3.05, 3.63) is 11.3 Å². The van der Waals surface area contributed by atoms with E-state index in [-0.39, 0.29) is 10.8 Å². The van der Waals surface area contributed by atoms with Crippen molar-refractivity contribution >= 4 is 15.9 Å². The molecule has 18 heavy (non-hydrogen) atoms. The molecule has 0 saturated heterocycles. The fourth-order valence-corrected chi connectivity index (χ4v) is 4.59. The first-order valence-corrected chi connectivity index (χ1v) is 8.15. The number of hydrogen-bond donors (Lipinski definition) is 0. The zero-order valence-corrected chi connectivity index (χ0v) is 14.1. The Morgan fingerprint density at radius 3 is 2.44 bits per heavy atom. The van der Waals surface area contributed by atoms with Crippen molar-refractivity contribution in [2.75, 3.05) is 6.61 Å². The average Bonchev–Trinajstić information content (AvgIpc) is 2.53. The van der Waals surface area contributed by atoms with E-state index in [2.05, 4.69) is 50.5 Å². The molecular formula is C16H27BrO. The molecule has 2 aliphatic rings. The fourth-order valence-electron chi connectivity index (χ4n) is 3.81. The van der Waals surface area contributed by atoms with Crippen molar-refractivity contribution in [2.45, 2.75) is 65.1 Å². The number of halogens is 1. The van der Waals surface area contributed by atoms with E-state index >= 15 is 0 Å². The molecule has 1 nitrogen and oxygen atoms in total. The lowest BCUT2D eigenvalue weighted by atomic mass is 9.70. The zero-order valence-electron chi connectivity index (χ0n) is 12.5. The Hall–Kier alpha value is 0.0200. The number of hydrogen-bond acceptors (Lipinski definition) is 1. The maximum absolute atomic E-state index is 6.15. The summed E-state index contributed by atoms with van der Waals surface area (Å²) in [5.41, 5.74) is 1.98. The van der Waals surface area contributed by atoms with Crippen molar-refractivity contribution in [1.29, 1.82) is 0 Å². The van der Waals surface area contributed by atoms with Gasteiger partial charge in [0.1, 0.15) is 0 Å². The number of alkyl halides is 1. The van der Waals surface area contributed by atoms with Gasteiger partial charge in [0.25, 0.3) is 0 Å². The maximum Gasteiger partial charge on any atom is 0.0995 e. The van der Waals surface area contributed by atoms with Crippen LogP contribution in [-0.2, 0) is 4.74 Å². The maximum atomic E-state index is 6.15. The van der Waals surface area contributed by atoms with Crippen molar-refractivity contribution in [3.8, 4) is 0 Å². The highest BCUT2D eigenvalue weighted by Gasteiger charge is 2.43. The van der Waals surface area contributed by atoms with Crippen LogP contribution in [0.3, 0.4) is 0 Å². The van der Waals surface area contributed by atoms with Gasteiger partial charge in [-0.3, -0.25) is 0 Å². The van der Waals surface area contributed by atoms with Crippen LogP contribution in [-0.4, -0.2) is 11.4 Å². The lowest BCUT2D eigenvalue weighted by Crippen LogP contribution is -2.26. The summed E-state index contributed by atoms with van der Waals surface area (Å²) in [4.78, 5) is 0.678. The highest BCUT2D eigenvalue weighted by molar-refractivity contribution is 9.09. The fraction of sp³-hybridized carbons (Fsp3) is 0.875. The van der Waals surface area contributed by atoms with Crippen LogP contribution in [0.15, 0.2) is 11.3 Å². The molecule has 104 valence electrons. The van der Waals surface area contributed by atoms with Crippen molar-refractivity contribution < 1.29 is 4.74 Å². The Kier molecular flexibility index (Phi) is 3.89. The summed E-state index contributed by atoms with van der Waals surface area (Å²) in [6.45, 7) is 12.5. The third-order valence-electron chi connectivity index (χ3n) is 4.24. The highest BCUT2D eigenvalue weighted by Crippen LogP contribution is 2.50. The second-order valence-corrected chi connectivity index (χ2v) is 8.92. The van der Waals surface area contributed by atoms with Crippen LogP contribution in [0.4, 0.5) is 0 Å². The largest absolute Gasteiger partial charge is 0.497 e. The topological polar surface area (TPSA) is 9.23 Å². The molecular weight excluding hydrogens is 288 g/mol. The average molecular weight is 315 g/mol. The van der Waals surface area contributed by atoms with Gasteiger partial charge in [-0.2, -0.15) is 0 Å². The lowest BCUT2D eigenvalue weighted by Gasteiger charge is -2.33. The van der Waals surface area contributed by atoms with Crippen molar-refractivity contribution in [2.24, 2.45) is 16.7 Å². The van der Waals surface area contributed by atoms with Gasteiger partial charge in [-0.25, -0.2) is 0 Å². The molecule has 0 spiro atoms. The molecule has 2 heteroatoms. The predicted molar refractivity (Wildman–Crippen MR) is 80.9 cm³/mol. The van der Waals surface area contributed by atoms with E-state index in [1.165, 1.54) is 31.4 Å². The first-order valence-electron chi connectivity index (χ1n) is 7.24. The molecule has 1 aliphatic carbocycles. The third kappa shape index (κ3) is 2.79. The molecule has 0 aromatic heterocycles. The summed E-state index contributed by atoms with van der Waals surface area (Å²) >= 11 is 3.80. The van der Waals surface area contributed by atoms with Gasteiger partial charge in [0.2, 0.25) is 0 Å². The van der Waals surface area contributed by atoms with E-state index in [9.17, 15) is 0 Å². The second kappa shape index (κ2) is 4.85. The van der Waals surface area contributed by atoms with Crippen LogP contribution in [0.1, 0.15) is 60.3 Å². The van der Waals surface area contributed by atoms with E-state index in [1.54, 1.807) is 5.57 Å². The van der Waals surface area contributed by atoms with Crippen molar-refractivity contribution in [1.82, 2.24) is 0 Å². The number of ether oxygens (including phenoxy) is 1. The quantitative estimate of drug-likeness (QED) is 0.597. The smallest absolute Gasteiger partial charge is 0.0995 e. The molecule has 0 bridgehead atoms. The number of rotatable bonds is 1. The van der Waals surface area contributed by atoms with Crippen LogP contribution >= 0.6 is 15.9 Å². The Morgan fingerprint density at radius 1 is 1.22 bits per heavy atom. The molecule has 2 atom stereocenters. The lowest BCUT2D eigenvalue weighted by molar-refractivity contribution is 0.150. The summed E-state index contributed by atoms with van der Waals surface area (Å²) in [5, 5.41) is 0. The second-order valence-electron chi connectivity index (χ2n) is 7.62. The summed E-state index contributed by atoms with van der Waals surface area (Å²) in [6.07, 6.45) is 5.18. The normalized spacial score (nSPS) is 32.6. The summed E-state index contributed by atoms with van der Waals surface area (Å²) in [6, 6.07) is 0. The van der Waals surface area contributed by atoms with E-state index in [4.69, 9.17) is 4.74 Å². The molecule has 1 heterocycles. The van der Waals surface area contributed by atoms with Crippen molar-refractivity contribution in [3.63, 3.8) is 0 Å². The van der Waals surface area contributed by atoms with Crippen LogP contribution in [0.25, 0.3) is 0 Å². The summed E-state index contributed by atoms with van der Waals surface area (Å²) < 4.78 is 6.15. The summed E-state index contributed by atoms with van der Waals surface area (Å²) in [7, 11) is 0. The third-order valence-corrected chi connectivity index (χ3v) is 5.07. The molecule has 2 unspecified atom stereocenters. The predicted octanol–water partition coefficient (Wildman–Crippen LogP) is 5.30. The molecule has 0 aromatic carbocycles. The molecule has 2 rings (SSSR count). The van der Waals surface area contributed by atoms with Crippen LogP contribution < -0.4 is 0 Å². The highest BCUT2D eigenvalue weighted by atomic mass is 79.9. The van der Waals surface area contributed by atoms with Gasteiger partial charge in [0.15, 0.2) is 0 Å². The van der Waals surface area contributed by atoms with E-state index in [0.29, 0.717) is 10.7 Å². The Balaban J connectivity index is 2.33. The van der Waals surface area contributed by atoms with E-state index < -0.39 is 0 Å². The Morgan fingerprint density at radius 2 is 1.89 bits per heavy atom. The minimum Gasteiger partial charge on any atom is -0.497 e. The first-order chi connectivity index (χ1) is 8.22. The minimum atomic E-state index is 0.201. The van der Waals surface area contributed by atoms with Gasteiger partial charge in [-0.15, -0.1) is 0 Å². The van der Waals surface area contributed by atoms with Gasteiger partial charge >= 0.3 is 0 Å². The van der Waals surface area contributed by atoms with Gasteiger partial charge in [0, 0.05) is 16.2 Å². The number of allylic oxidation sites excluding steroid dienone is 1. The monoisotopic (exact) mass is 314 g/mol. The van der Waals surface area contributed by atoms with Gasteiger partial charge in [-0.1, -0.05) is 57.0 Å². The van der Waals surface area contributed by atoms with Crippen LogP contribution in [0.2, 0.25) is 0 Å². The van der Waals surface area contributed by atoms with Crippen LogP contribution in [0, 0.1) is 16.7 Å². The SMILES string of the molecule is CC(C)(C)C1=C(C2CCCC(Br)C2)OCC1(C)C. The minimum absolute atomic E-state index is 0.201. The molecule has 0 N–H and O–H groups in total. The van der Waals surface area contributed by atoms with E-state index in [1.807, 2.05) is 0 Å². The molecule has 1 fully saturated rings.